The van der Waals surface area contributed by atoms with E-state index in [-0.39, 0.29) is 0 Å². The second-order valence-corrected chi connectivity index (χ2v) is 4.85. The maximum absolute atomic E-state index is 5.91. The minimum Gasteiger partial charge on any atom is -0.488 e. The van der Waals surface area contributed by atoms with Gasteiger partial charge in [0.05, 0.1) is 11.1 Å². The van der Waals surface area contributed by atoms with Gasteiger partial charge in [0, 0.05) is 12.3 Å². The van der Waals surface area contributed by atoms with E-state index in [0.717, 1.165) is 28.0 Å². The lowest BCUT2D eigenvalue weighted by molar-refractivity contribution is 0.310. The Balaban J connectivity index is 1.89. The summed E-state index contributed by atoms with van der Waals surface area (Å²) in [7, 11) is 0. The van der Waals surface area contributed by atoms with E-state index in [0.29, 0.717) is 18.9 Å². The normalized spacial score (nSPS) is 10.8. The number of fused-ring (bicyclic) bond motifs is 1. The molecule has 0 aliphatic rings. The number of aromatic nitrogens is 1. The topological polar surface area (TPSA) is 35.3 Å². The lowest BCUT2D eigenvalue weighted by Gasteiger charge is -2.07. The molecule has 0 unspecified atom stereocenters. The molecule has 0 N–H and O–H groups in total. The molecule has 0 fully saturated rings. The third-order valence-electron chi connectivity index (χ3n) is 3.10. The number of rotatable bonds is 5. The number of hydrogen-bond donors (Lipinski definition) is 0. The Morgan fingerprint density at radius 2 is 1.90 bits per heavy atom. The third kappa shape index (κ3) is 2.63. The van der Waals surface area contributed by atoms with Crippen molar-refractivity contribution in [3.05, 3.63) is 59.8 Å². The van der Waals surface area contributed by atoms with Crippen LogP contribution in [0.15, 0.2) is 53.1 Å². The summed E-state index contributed by atoms with van der Waals surface area (Å²) in [5.74, 6) is 1.29. The highest BCUT2D eigenvalue weighted by atomic mass is 35.5. The van der Waals surface area contributed by atoms with E-state index in [1.807, 2.05) is 48.5 Å². The summed E-state index contributed by atoms with van der Waals surface area (Å²) in [6.45, 7) is 0.519. The molecule has 0 amide bonds. The minimum atomic E-state index is 0.509. The predicted molar refractivity (Wildman–Crippen MR) is 79.2 cm³/mol. The highest BCUT2D eigenvalue weighted by Crippen LogP contribution is 2.29. The first-order valence-corrected chi connectivity index (χ1v) is 7.02. The summed E-state index contributed by atoms with van der Waals surface area (Å²) in [5, 5.41) is 4.98. The highest BCUT2D eigenvalue weighted by molar-refractivity contribution is 6.18. The predicted octanol–water partition coefficient (Wildman–Crippen LogP) is 4.19. The lowest BCUT2D eigenvalue weighted by atomic mass is 10.1. The monoisotopic (exact) mass is 287 g/mol. The fourth-order valence-corrected chi connectivity index (χ4v) is 2.32. The van der Waals surface area contributed by atoms with E-state index >= 15 is 0 Å². The SMILES string of the molecule is ClCCc1noc2cccc(OCc3ccccc3)c12. The number of aryl methyl sites for hydroxylation is 1. The van der Waals surface area contributed by atoms with Gasteiger partial charge < -0.3 is 9.26 Å². The van der Waals surface area contributed by atoms with Crippen LogP contribution in [-0.2, 0) is 13.0 Å². The largest absolute Gasteiger partial charge is 0.488 e. The molecule has 4 heteroatoms. The quantitative estimate of drug-likeness (QED) is 0.660. The van der Waals surface area contributed by atoms with Crippen LogP contribution in [0, 0.1) is 0 Å². The van der Waals surface area contributed by atoms with Crippen molar-refractivity contribution in [1.82, 2.24) is 5.16 Å². The van der Waals surface area contributed by atoms with E-state index < -0.39 is 0 Å². The van der Waals surface area contributed by atoms with Gasteiger partial charge in [-0.1, -0.05) is 41.6 Å². The van der Waals surface area contributed by atoms with Gasteiger partial charge >= 0.3 is 0 Å². The fourth-order valence-electron chi connectivity index (χ4n) is 2.14. The van der Waals surface area contributed by atoms with Crippen molar-refractivity contribution in [3.8, 4) is 5.75 Å². The minimum absolute atomic E-state index is 0.509. The van der Waals surface area contributed by atoms with Crippen molar-refractivity contribution in [2.45, 2.75) is 13.0 Å². The molecule has 0 saturated carbocycles. The Kier molecular flexibility index (Phi) is 3.88. The van der Waals surface area contributed by atoms with E-state index in [1.54, 1.807) is 0 Å². The molecule has 2 aromatic carbocycles. The molecular formula is C16H14ClNO2. The van der Waals surface area contributed by atoms with Gasteiger partial charge in [-0.15, -0.1) is 11.6 Å². The molecule has 0 aliphatic carbocycles. The number of alkyl halides is 1. The van der Waals surface area contributed by atoms with E-state index in [1.165, 1.54) is 0 Å². The summed E-state index contributed by atoms with van der Waals surface area (Å²) >= 11 is 5.80. The van der Waals surface area contributed by atoms with Gasteiger partial charge in [0.1, 0.15) is 12.4 Å². The number of nitrogens with zero attached hydrogens (tertiary/aromatic N) is 1. The Bertz CT molecular complexity index is 694. The summed E-state index contributed by atoms with van der Waals surface area (Å²) in [5.41, 5.74) is 2.70. The van der Waals surface area contributed by atoms with Crippen LogP contribution >= 0.6 is 11.6 Å². The zero-order valence-electron chi connectivity index (χ0n) is 10.9. The number of halogens is 1. The average molecular weight is 288 g/mol. The maximum Gasteiger partial charge on any atom is 0.170 e. The highest BCUT2D eigenvalue weighted by Gasteiger charge is 2.13. The van der Waals surface area contributed by atoms with Crippen molar-refractivity contribution >= 4 is 22.6 Å². The van der Waals surface area contributed by atoms with E-state index in [9.17, 15) is 0 Å². The Hall–Kier alpha value is -2.00. The van der Waals surface area contributed by atoms with E-state index in [2.05, 4.69) is 5.16 Å². The molecular weight excluding hydrogens is 274 g/mol. The first-order chi connectivity index (χ1) is 9.88. The molecule has 3 nitrogen and oxygen atoms in total. The van der Waals surface area contributed by atoms with Crippen LogP contribution in [0.2, 0.25) is 0 Å². The average Bonchev–Trinajstić information content (AvgIpc) is 2.91. The van der Waals surface area contributed by atoms with Crippen molar-refractivity contribution in [1.29, 1.82) is 0 Å². The van der Waals surface area contributed by atoms with Gasteiger partial charge in [-0.3, -0.25) is 0 Å². The number of benzene rings is 2. The molecule has 1 heterocycles. The standard InChI is InChI=1S/C16H14ClNO2/c17-10-9-13-16-14(7-4-8-15(16)20-18-13)19-11-12-5-2-1-3-6-12/h1-8H,9-11H2. The van der Waals surface area contributed by atoms with Crippen LogP contribution in [0.25, 0.3) is 11.0 Å². The van der Waals surface area contributed by atoms with Crippen LogP contribution < -0.4 is 4.74 Å². The Morgan fingerprint density at radius 1 is 1.05 bits per heavy atom. The Morgan fingerprint density at radius 3 is 2.70 bits per heavy atom. The second-order valence-electron chi connectivity index (χ2n) is 4.47. The number of ether oxygens (including phenoxy) is 1. The molecule has 0 aliphatic heterocycles. The molecule has 0 saturated heterocycles. The molecule has 1 aromatic heterocycles. The summed E-state index contributed by atoms with van der Waals surface area (Å²) in [6.07, 6.45) is 0.667. The van der Waals surface area contributed by atoms with Gasteiger partial charge in [-0.2, -0.15) is 0 Å². The van der Waals surface area contributed by atoms with Crippen LogP contribution in [0.1, 0.15) is 11.3 Å². The van der Waals surface area contributed by atoms with Gasteiger partial charge in [-0.25, -0.2) is 0 Å². The summed E-state index contributed by atoms with van der Waals surface area (Å²) in [4.78, 5) is 0. The fraction of sp³-hybridized carbons (Fsp3) is 0.188. The smallest absolute Gasteiger partial charge is 0.170 e. The lowest BCUT2D eigenvalue weighted by Crippen LogP contribution is -1.96. The zero-order chi connectivity index (χ0) is 13.8. The van der Waals surface area contributed by atoms with Crippen molar-refractivity contribution in [2.75, 3.05) is 5.88 Å². The maximum atomic E-state index is 5.91. The summed E-state index contributed by atoms with van der Waals surface area (Å²) < 4.78 is 11.2. The molecule has 0 radical (unpaired) electrons. The molecule has 102 valence electrons. The molecule has 0 bridgehead atoms. The van der Waals surface area contributed by atoms with Crippen molar-refractivity contribution < 1.29 is 9.26 Å². The zero-order valence-corrected chi connectivity index (χ0v) is 11.6. The van der Waals surface area contributed by atoms with Crippen LogP contribution in [0.3, 0.4) is 0 Å². The van der Waals surface area contributed by atoms with Crippen molar-refractivity contribution in [3.63, 3.8) is 0 Å². The van der Waals surface area contributed by atoms with Crippen LogP contribution in [0.5, 0.6) is 5.75 Å². The van der Waals surface area contributed by atoms with Gasteiger partial charge in [0.15, 0.2) is 5.58 Å². The van der Waals surface area contributed by atoms with Crippen molar-refractivity contribution in [2.24, 2.45) is 0 Å². The first-order valence-electron chi connectivity index (χ1n) is 6.48. The molecule has 20 heavy (non-hydrogen) atoms. The third-order valence-corrected chi connectivity index (χ3v) is 3.29. The van der Waals surface area contributed by atoms with Crippen LogP contribution in [-0.4, -0.2) is 11.0 Å². The molecule has 3 aromatic rings. The first kappa shape index (κ1) is 13.0. The van der Waals surface area contributed by atoms with Gasteiger partial charge in [0.25, 0.3) is 0 Å². The molecule has 0 spiro atoms. The van der Waals surface area contributed by atoms with Gasteiger partial charge in [0.2, 0.25) is 0 Å². The number of hydrogen-bond acceptors (Lipinski definition) is 3. The summed E-state index contributed by atoms with van der Waals surface area (Å²) in [6, 6.07) is 15.8. The van der Waals surface area contributed by atoms with Gasteiger partial charge in [-0.05, 0) is 17.7 Å². The second kappa shape index (κ2) is 5.97. The molecule has 3 rings (SSSR count). The van der Waals surface area contributed by atoms with Crippen LogP contribution in [0.4, 0.5) is 0 Å². The van der Waals surface area contributed by atoms with E-state index in [4.69, 9.17) is 20.9 Å². The Labute approximate surface area is 122 Å². The molecule has 0 atom stereocenters.